The summed E-state index contributed by atoms with van der Waals surface area (Å²) in [5.74, 6) is 1.42. The summed E-state index contributed by atoms with van der Waals surface area (Å²) in [5.41, 5.74) is 8.51. The second-order valence-electron chi connectivity index (χ2n) is 4.55. The minimum atomic E-state index is -0.0732. The number of hydrogen-bond acceptors (Lipinski definition) is 3. The molecule has 0 aliphatic rings. The summed E-state index contributed by atoms with van der Waals surface area (Å²) >= 11 is 3.43. The van der Waals surface area contributed by atoms with Crippen LogP contribution in [-0.4, -0.2) is 14.2 Å². The Morgan fingerprint density at radius 3 is 2.25 bits per heavy atom. The maximum atomic E-state index is 6.27. The number of ether oxygens (including phenoxy) is 2. The minimum Gasteiger partial charge on any atom is -0.493 e. The fraction of sp³-hybridized carbons (Fsp3) is 0.250. The Morgan fingerprint density at radius 1 is 1.00 bits per heavy atom. The highest BCUT2D eigenvalue weighted by atomic mass is 79.9. The Labute approximate surface area is 127 Å². The van der Waals surface area contributed by atoms with Gasteiger partial charge in [0.15, 0.2) is 11.5 Å². The van der Waals surface area contributed by atoms with Crippen LogP contribution in [0, 0.1) is 0 Å². The Hall–Kier alpha value is -1.52. The molecule has 0 aliphatic carbocycles. The Kier molecular flexibility index (Phi) is 5.04. The standard InChI is InChI=1S/C16H18BrNO2/c1-19-15-8-5-12(10-16(15)20-2)14(18)9-11-3-6-13(17)7-4-11/h3-8,10,14H,9,18H2,1-2H3. The number of rotatable bonds is 5. The number of benzene rings is 2. The van der Waals surface area contributed by atoms with Crippen LogP contribution >= 0.6 is 15.9 Å². The third-order valence-corrected chi connectivity index (χ3v) is 3.73. The third-order valence-electron chi connectivity index (χ3n) is 3.20. The zero-order valence-corrected chi connectivity index (χ0v) is 13.2. The van der Waals surface area contributed by atoms with E-state index in [9.17, 15) is 0 Å². The third kappa shape index (κ3) is 3.52. The average Bonchev–Trinajstić information content (AvgIpc) is 2.48. The summed E-state index contributed by atoms with van der Waals surface area (Å²) in [6.45, 7) is 0. The fourth-order valence-electron chi connectivity index (χ4n) is 2.08. The summed E-state index contributed by atoms with van der Waals surface area (Å²) in [4.78, 5) is 0. The van der Waals surface area contributed by atoms with Crippen molar-refractivity contribution in [2.75, 3.05) is 14.2 Å². The van der Waals surface area contributed by atoms with E-state index in [0.29, 0.717) is 11.5 Å². The van der Waals surface area contributed by atoms with E-state index in [0.717, 1.165) is 16.5 Å². The van der Waals surface area contributed by atoms with Crippen molar-refractivity contribution in [3.8, 4) is 11.5 Å². The van der Waals surface area contributed by atoms with Crippen LogP contribution in [0.2, 0.25) is 0 Å². The van der Waals surface area contributed by atoms with Gasteiger partial charge in [0.05, 0.1) is 14.2 Å². The molecular weight excluding hydrogens is 318 g/mol. The van der Waals surface area contributed by atoms with E-state index in [4.69, 9.17) is 15.2 Å². The van der Waals surface area contributed by atoms with Crippen LogP contribution < -0.4 is 15.2 Å². The van der Waals surface area contributed by atoms with Crippen LogP contribution in [0.3, 0.4) is 0 Å². The van der Waals surface area contributed by atoms with Gasteiger partial charge in [-0.25, -0.2) is 0 Å². The molecule has 0 heterocycles. The molecule has 0 spiro atoms. The summed E-state index contributed by atoms with van der Waals surface area (Å²) in [5, 5.41) is 0. The second-order valence-corrected chi connectivity index (χ2v) is 5.47. The molecule has 1 atom stereocenters. The number of hydrogen-bond donors (Lipinski definition) is 1. The first kappa shape index (κ1) is 14.9. The van der Waals surface area contributed by atoms with Crippen molar-refractivity contribution >= 4 is 15.9 Å². The Balaban J connectivity index is 2.16. The molecule has 20 heavy (non-hydrogen) atoms. The van der Waals surface area contributed by atoms with Gasteiger partial charge in [-0.1, -0.05) is 34.1 Å². The number of nitrogens with two attached hydrogens (primary N) is 1. The van der Waals surface area contributed by atoms with Gasteiger partial charge in [0.2, 0.25) is 0 Å². The van der Waals surface area contributed by atoms with Crippen LogP contribution in [0.4, 0.5) is 0 Å². The zero-order valence-electron chi connectivity index (χ0n) is 11.6. The van der Waals surface area contributed by atoms with E-state index in [1.165, 1.54) is 5.56 Å². The van der Waals surface area contributed by atoms with Gasteiger partial charge in [0.1, 0.15) is 0 Å². The average molecular weight is 336 g/mol. The molecule has 4 heteroatoms. The molecule has 2 rings (SSSR count). The molecule has 0 saturated heterocycles. The molecule has 0 bridgehead atoms. The lowest BCUT2D eigenvalue weighted by molar-refractivity contribution is 0.354. The van der Waals surface area contributed by atoms with Crippen molar-refractivity contribution in [3.63, 3.8) is 0 Å². The lowest BCUT2D eigenvalue weighted by Crippen LogP contribution is -2.13. The zero-order chi connectivity index (χ0) is 14.5. The van der Waals surface area contributed by atoms with Gasteiger partial charge in [-0.3, -0.25) is 0 Å². The van der Waals surface area contributed by atoms with Crippen LogP contribution in [0.1, 0.15) is 17.2 Å². The van der Waals surface area contributed by atoms with Gasteiger partial charge < -0.3 is 15.2 Å². The molecule has 0 aliphatic heterocycles. The van der Waals surface area contributed by atoms with E-state index in [-0.39, 0.29) is 6.04 Å². The molecule has 106 valence electrons. The van der Waals surface area contributed by atoms with Crippen LogP contribution in [0.25, 0.3) is 0 Å². The van der Waals surface area contributed by atoms with Gasteiger partial charge in [0, 0.05) is 10.5 Å². The van der Waals surface area contributed by atoms with Crippen molar-refractivity contribution in [2.24, 2.45) is 5.73 Å². The van der Waals surface area contributed by atoms with Crippen molar-refractivity contribution in [1.82, 2.24) is 0 Å². The molecule has 1 unspecified atom stereocenters. The van der Waals surface area contributed by atoms with Crippen molar-refractivity contribution < 1.29 is 9.47 Å². The van der Waals surface area contributed by atoms with E-state index >= 15 is 0 Å². The van der Waals surface area contributed by atoms with E-state index in [2.05, 4.69) is 28.1 Å². The molecule has 2 aromatic carbocycles. The molecular formula is C16H18BrNO2. The highest BCUT2D eigenvalue weighted by Gasteiger charge is 2.11. The van der Waals surface area contributed by atoms with Crippen LogP contribution in [-0.2, 0) is 6.42 Å². The maximum absolute atomic E-state index is 6.27. The number of halogens is 1. The lowest BCUT2D eigenvalue weighted by Gasteiger charge is -2.15. The molecule has 0 aromatic heterocycles. The summed E-state index contributed by atoms with van der Waals surface area (Å²) in [7, 11) is 3.25. The first-order chi connectivity index (χ1) is 9.63. The summed E-state index contributed by atoms with van der Waals surface area (Å²) < 4.78 is 11.6. The lowest BCUT2D eigenvalue weighted by atomic mass is 9.99. The highest BCUT2D eigenvalue weighted by molar-refractivity contribution is 9.10. The van der Waals surface area contributed by atoms with Crippen LogP contribution in [0.15, 0.2) is 46.9 Å². The summed E-state index contributed by atoms with van der Waals surface area (Å²) in [6.07, 6.45) is 0.781. The molecule has 0 radical (unpaired) electrons. The van der Waals surface area contributed by atoms with E-state index < -0.39 is 0 Å². The SMILES string of the molecule is COc1ccc(C(N)Cc2ccc(Br)cc2)cc1OC. The topological polar surface area (TPSA) is 44.5 Å². The predicted octanol–water partition coefficient (Wildman–Crippen LogP) is 3.71. The smallest absolute Gasteiger partial charge is 0.161 e. The number of methoxy groups -OCH3 is 2. The minimum absolute atomic E-state index is 0.0732. The van der Waals surface area contributed by atoms with E-state index in [1.54, 1.807) is 14.2 Å². The fourth-order valence-corrected chi connectivity index (χ4v) is 2.34. The van der Waals surface area contributed by atoms with Crippen molar-refractivity contribution in [1.29, 1.82) is 0 Å². The largest absolute Gasteiger partial charge is 0.493 e. The first-order valence-electron chi connectivity index (χ1n) is 6.36. The predicted molar refractivity (Wildman–Crippen MR) is 84.3 cm³/mol. The highest BCUT2D eigenvalue weighted by Crippen LogP contribution is 2.30. The monoisotopic (exact) mass is 335 g/mol. The molecule has 3 nitrogen and oxygen atoms in total. The molecule has 2 N–H and O–H groups in total. The maximum Gasteiger partial charge on any atom is 0.161 e. The quantitative estimate of drug-likeness (QED) is 0.905. The first-order valence-corrected chi connectivity index (χ1v) is 7.15. The Bertz CT molecular complexity index is 569. The van der Waals surface area contributed by atoms with Gasteiger partial charge in [-0.15, -0.1) is 0 Å². The van der Waals surface area contributed by atoms with E-state index in [1.807, 2.05) is 30.3 Å². The Morgan fingerprint density at radius 2 is 1.65 bits per heavy atom. The molecule has 2 aromatic rings. The second kappa shape index (κ2) is 6.77. The van der Waals surface area contributed by atoms with Crippen molar-refractivity contribution in [3.05, 3.63) is 58.1 Å². The van der Waals surface area contributed by atoms with Crippen molar-refractivity contribution in [2.45, 2.75) is 12.5 Å². The van der Waals surface area contributed by atoms with Gasteiger partial charge in [-0.2, -0.15) is 0 Å². The van der Waals surface area contributed by atoms with Crippen LogP contribution in [0.5, 0.6) is 11.5 Å². The molecule has 0 amide bonds. The summed E-state index contributed by atoms with van der Waals surface area (Å²) in [6, 6.07) is 13.9. The van der Waals surface area contributed by atoms with Gasteiger partial charge >= 0.3 is 0 Å². The van der Waals surface area contributed by atoms with Gasteiger partial charge in [-0.05, 0) is 41.8 Å². The normalized spacial score (nSPS) is 12.0. The molecule has 0 fully saturated rings. The van der Waals surface area contributed by atoms with Gasteiger partial charge in [0.25, 0.3) is 0 Å². The molecule has 0 saturated carbocycles.